The van der Waals surface area contributed by atoms with E-state index in [-0.39, 0.29) is 11.9 Å². The third-order valence-corrected chi connectivity index (χ3v) is 3.60. The van der Waals surface area contributed by atoms with E-state index in [0.717, 1.165) is 11.4 Å². The van der Waals surface area contributed by atoms with Crippen LogP contribution in [0.5, 0.6) is 5.75 Å². The summed E-state index contributed by atoms with van der Waals surface area (Å²) in [5.41, 5.74) is 2.13. The molecule has 0 bridgehead atoms. The number of carbonyl (C=O) groups excluding carboxylic acids is 1. The van der Waals surface area contributed by atoms with Crippen LogP contribution >= 0.6 is 0 Å². The Balaban J connectivity index is 1.79. The van der Waals surface area contributed by atoms with Crippen molar-refractivity contribution in [3.63, 3.8) is 0 Å². The summed E-state index contributed by atoms with van der Waals surface area (Å²) in [4.78, 5) is 15.9. The van der Waals surface area contributed by atoms with Crippen molar-refractivity contribution in [1.82, 2.24) is 15.2 Å². The third kappa shape index (κ3) is 5.01. The molecule has 3 aromatic rings. The Morgan fingerprint density at radius 3 is 2.67 bits per heavy atom. The van der Waals surface area contributed by atoms with Gasteiger partial charge in [0.05, 0.1) is 18.0 Å². The van der Waals surface area contributed by atoms with E-state index in [9.17, 15) is 4.79 Å². The Hall–Kier alpha value is -3.48. The van der Waals surface area contributed by atoms with Crippen LogP contribution in [0, 0.1) is 0 Å². The van der Waals surface area contributed by atoms with Crippen molar-refractivity contribution in [2.45, 2.75) is 26.9 Å². The summed E-state index contributed by atoms with van der Waals surface area (Å²) in [6.45, 7) is 5.47. The average Bonchev–Trinajstić information content (AvgIpc) is 2.63. The van der Waals surface area contributed by atoms with Crippen LogP contribution < -0.4 is 15.4 Å². The van der Waals surface area contributed by atoms with Gasteiger partial charge >= 0.3 is 0 Å². The van der Waals surface area contributed by atoms with Crippen molar-refractivity contribution in [1.29, 1.82) is 0 Å². The van der Waals surface area contributed by atoms with E-state index < -0.39 is 0 Å². The summed E-state index contributed by atoms with van der Waals surface area (Å²) < 4.78 is 5.79. The number of benzene rings is 2. The molecule has 0 fully saturated rings. The average molecular weight is 363 g/mol. The molecular formula is C20H21N5O2. The van der Waals surface area contributed by atoms with Crippen LogP contribution in [0.2, 0.25) is 0 Å². The lowest BCUT2D eigenvalue weighted by Gasteiger charge is -2.14. The minimum atomic E-state index is 0.00331. The van der Waals surface area contributed by atoms with Crippen molar-refractivity contribution in [3.8, 4) is 5.75 Å². The lowest BCUT2D eigenvalue weighted by molar-refractivity contribution is 0.101. The first-order valence-corrected chi connectivity index (χ1v) is 8.62. The molecule has 0 amide bonds. The molecule has 0 atom stereocenters. The normalized spacial score (nSPS) is 10.5. The molecule has 2 N–H and O–H groups in total. The van der Waals surface area contributed by atoms with Gasteiger partial charge in [-0.15, -0.1) is 5.10 Å². The maximum Gasteiger partial charge on any atom is 0.249 e. The molecule has 1 aromatic heterocycles. The highest BCUT2D eigenvalue weighted by atomic mass is 16.5. The minimum Gasteiger partial charge on any atom is -0.489 e. The summed E-state index contributed by atoms with van der Waals surface area (Å²) in [5.74, 6) is 1.56. The number of para-hydroxylation sites is 2. The van der Waals surface area contributed by atoms with Crippen molar-refractivity contribution in [3.05, 3.63) is 60.3 Å². The zero-order valence-corrected chi connectivity index (χ0v) is 15.4. The van der Waals surface area contributed by atoms with E-state index in [0.29, 0.717) is 23.1 Å². The Labute approximate surface area is 157 Å². The number of ether oxygens (including phenoxy) is 1. The molecule has 0 saturated carbocycles. The second kappa shape index (κ2) is 8.27. The van der Waals surface area contributed by atoms with Gasteiger partial charge in [0.1, 0.15) is 5.75 Å². The first-order valence-electron chi connectivity index (χ1n) is 8.62. The standard InChI is InChI=1S/C20H21N5O2/c1-13(2)27-18-10-5-4-9-17(18)23-20-24-19(12-21-25-20)22-16-8-6-7-15(11-16)14(3)26/h4-13H,1-3H3,(H2,22,23,24,25). The lowest BCUT2D eigenvalue weighted by Crippen LogP contribution is -2.08. The molecule has 0 saturated heterocycles. The van der Waals surface area contributed by atoms with Crippen molar-refractivity contribution < 1.29 is 9.53 Å². The number of aromatic nitrogens is 3. The monoisotopic (exact) mass is 363 g/mol. The smallest absolute Gasteiger partial charge is 0.249 e. The van der Waals surface area contributed by atoms with Gasteiger partial charge in [-0.1, -0.05) is 24.3 Å². The number of ketones is 1. The van der Waals surface area contributed by atoms with Gasteiger partial charge in [-0.2, -0.15) is 10.1 Å². The summed E-state index contributed by atoms with van der Waals surface area (Å²) in [7, 11) is 0. The predicted molar refractivity (Wildman–Crippen MR) is 105 cm³/mol. The molecule has 2 aromatic carbocycles. The number of carbonyl (C=O) groups is 1. The topological polar surface area (TPSA) is 89.0 Å². The molecule has 0 unspecified atom stereocenters. The molecule has 0 aliphatic carbocycles. The van der Waals surface area contributed by atoms with Gasteiger partial charge in [-0.05, 0) is 45.0 Å². The van der Waals surface area contributed by atoms with Gasteiger partial charge in [0.15, 0.2) is 11.6 Å². The van der Waals surface area contributed by atoms with Crippen molar-refractivity contribution in [2.24, 2.45) is 0 Å². The van der Waals surface area contributed by atoms with Crippen LogP contribution in [0.1, 0.15) is 31.1 Å². The first-order chi connectivity index (χ1) is 13.0. The van der Waals surface area contributed by atoms with E-state index >= 15 is 0 Å². The minimum absolute atomic E-state index is 0.00331. The zero-order valence-electron chi connectivity index (χ0n) is 15.4. The summed E-state index contributed by atoms with van der Waals surface area (Å²) >= 11 is 0. The molecule has 0 aliphatic rings. The molecule has 3 rings (SSSR count). The fourth-order valence-electron chi connectivity index (χ4n) is 2.43. The predicted octanol–water partition coefficient (Wildman–Crippen LogP) is 4.35. The van der Waals surface area contributed by atoms with Crippen LogP contribution in [0.4, 0.5) is 23.1 Å². The van der Waals surface area contributed by atoms with Crippen LogP contribution in [-0.4, -0.2) is 27.1 Å². The fraction of sp³-hybridized carbons (Fsp3) is 0.200. The lowest BCUT2D eigenvalue weighted by atomic mass is 10.1. The van der Waals surface area contributed by atoms with Gasteiger partial charge in [0.2, 0.25) is 5.95 Å². The molecule has 0 radical (unpaired) electrons. The number of hydrogen-bond acceptors (Lipinski definition) is 7. The molecule has 7 heteroatoms. The quantitative estimate of drug-likeness (QED) is 0.603. The summed E-state index contributed by atoms with van der Waals surface area (Å²) in [6.07, 6.45) is 1.57. The van der Waals surface area contributed by atoms with Gasteiger partial charge in [-0.3, -0.25) is 4.79 Å². The maximum atomic E-state index is 11.5. The maximum absolute atomic E-state index is 11.5. The number of hydrogen-bond donors (Lipinski definition) is 2. The number of anilines is 4. The van der Waals surface area contributed by atoms with Gasteiger partial charge in [0, 0.05) is 11.3 Å². The third-order valence-electron chi connectivity index (χ3n) is 3.60. The molecule has 27 heavy (non-hydrogen) atoms. The van der Waals surface area contributed by atoms with E-state index in [4.69, 9.17) is 4.74 Å². The van der Waals surface area contributed by atoms with E-state index in [1.165, 1.54) is 13.1 Å². The Morgan fingerprint density at radius 2 is 1.89 bits per heavy atom. The molecule has 7 nitrogen and oxygen atoms in total. The van der Waals surface area contributed by atoms with Crippen LogP contribution in [0.25, 0.3) is 0 Å². The SMILES string of the molecule is CC(=O)c1cccc(Nc2cnnc(Nc3ccccc3OC(C)C)n2)c1. The van der Waals surface area contributed by atoms with Gasteiger partial charge in [0.25, 0.3) is 0 Å². The Kier molecular flexibility index (Phi) is 5.61. The largest absolute Gasteiger partial charge is 0.489 e. The Bertz CT molecular complexity index is 943. The number of nitrogens with zero attached hydrogens (tertiary/aromatic N) is 3. The molecule has 138 valence electrons. The Morgan fingerprint density at radius 1 is 1.07 bits per heavy atom. The molecule has 0 aliphatic heterocycles. The highest BCUT2D eigenvalue weighted by molar-refractivity contribution is 5.95. The van der Waals surface area contributed by atoms with Crippen LogP contribution in [0.3, 0.4) is 0 Å². The van der Waals surface area contributed by atoms with E-state index in [2.05, 4.69) is 25.8 Å². The highest BCUT2D eigenvalue weighted by Gasteiger charge is 2.08. The number of Topliss-reactive ketones (excluding diaryl/α,β-unsaturated/α-hetero) is 1. The molecular weight excluding hydrogens is 342 g/mol. The molecule has 1 heterocycles. The van der Waals surface area contributed by atoms with Gasteiger partial charge < -0.3 is 15.4 Å². The summed E-state index contributed by atoms with van der Waals surface area (Å²) in [5, 5.41) is 14.3. The van der Waals surface area contributed by atoms with Crippen LogP contribution in [-0.2, 0) is 0 Å². The summed E-state index contributed by atoms with van der Waals surface area (Å²) in [6, 6.07) is 14.8. The second-order valence-corrected chi connectivity index (χ2v) is 6.21. The number of nitrogens with one attached hydrogen (secondary N) is 2. The zero-order chi connectivity index (χ0) is 19.2. The van der Waals surface area contributed by atoms with Crippen molar-refractivity contribution in [2.75, 3.05) is 10.6 Å². The van der Waals surface area contributed by atoms with Gasteiger partial charge in [-0.25, -0.2) is 0 Å². The molecule has 0 spiro atoms. The van der Waals surface area contributed by atoms with Crippen LogP contribution in [0.15, 0.2) is 54.7 Å². The number of rotatable bonds is 7. The van der Waals surface area contributed by atoms with Crippen molar-refractivity contribution >= 4 is 28.9 Å². The van der Waals surface area contributed by atoms with E-state index in [1.54, 1.807) is 12.1 Å². The second-order valence-electron chi connectivity index (χ2n) is 6.21. The first kappa shape index (κ1) is 18.3. The van der Waals surface area contributed by atoms with E-state index in [1.807, 2.05) is 50.2 Å². The fourth-order valence-corrected chi connectivity index (χ4v) is 2.43. The highest BCUT2D eigenvalue weighted by Crippen LogP contribution is 2.27.